The smallest absolute Gasteiger partial charge is 0.338 e. The van der Waals surface area contributed by atoms with E-state index in [0.29, 0.717) is 11.3 Å². The molecule has 2 heterocycles. The van der Waals surface area contributed by atoms with Crippen LogP contribution in [0.3, 0.4) is 0 Å². The van der Waals surface area contributed by atoms with Crippen molar-refractivity contribution in [3.05, 3.63) is 48.2 Å². The Bertz CT molecular complexity index is 558. The second-order valence-corrected chi connectivity index (χ2v) is 3.52. The van der Waals surface area contributed by atoms with Gasteiger partial charge in [0.1, 0.15) is 0 Å². The fraction of sp³-hybridized carbons (Fsp3) is 0.154. The summed E-state index contributed by atoms with van der Waals surface area (Å²) < 4.78 is 18.2. The number of hydrogen-bond donors (Lipinski definition) is 0. The van der Waals surface area contributed by atoms with E-state index in [1.165, 1.54) is 6.07 Å². The number of esters is 1. The van der Waals surface area contributed by atoms with Crippen molar-refractivity contribution in [1.82, 2.24) is 9.97 Å². The summed E-state index contributed by atoms with van der Waals surface area (Å²) in [6.45, 7) is 1.94. The molecular weight excluding hydrogens is 235 g/mol. The number of halogens is 1. The van der Waals surface area contributed by atoms with Crippen LogP contribution in [-0.4, -0.2) is 22.5 Å². The molecule has 18 heavy (non-hydrogen) atoms. The van der Waals surface area contributed by atoms with Crippen LogP contribution in [0.1, 0.15) is 17.3 Å². The minimum absolute atomic E-state index is 0.149. The predicted molar refractivity (Wildman–Crippen MR) is 63.4 cm³/mol. The van der Waals surface area contributed by atoms with E-state index in [4.69, 9.17) is 4.74 Å². The molecule has 2 aromatic heterocycles. The average Bonchev–Trinajstić information content (AvgIpc) is 2.39. The van der Waals surface area contributed by atoms with Gasteiger partial charge in [-0.3, -0.25) is 4.98 Å². The molecule has 2 rings (SSSR count). The number of hydrogen-bond acceptors (Lipinski definition) is 4. The van der Waals surface area contributed by atoms with Crippen molar-refractivity contribution >= 4 is 5.97 Å². The Morgan fingerprint density at radius 1 is 1.33 bits per heavy atom. The van der Waals surface area contributed by atoms with Crippen LogP contribution in [0.25, 0.3) is 11.3 Å². The molecule has 0 radical (unpaired) electrons. The first kappa shape index (κ1) is 12.2. The zero-order valence-electron chi connectivity index (χ0n) is 9.76. The second kappa shape index (κ2) is 5.35. The fourth-order valence-electron chi connectivity index (χ4n) is 1.50. The maximum atomic E-state index is 13.4. The molecule has 0 bridgehead atoms. The topological polar surface area (TPSA) is 52.1 Å². The summed E-state index contributed by atoms with van der Waals surface area (Å²) in [7, 11) is 0. The quantitative estimate of drug-likeness (QED) is 0.616. The van der Waals surface area contributed by atoms with Crippen molar-refractivity contribution in [2.75, 3.05) is 6.61 Å². The zero-order valence-corrected chi connectivity index (χ0v) is 9.76. The number of rotatable bonds is 3. The Labute approximate surface area is 103 Å². The molecule has 0 amide bonds. The van der Waals surface area contributed by atoms with Gasteiger partial charge >= 0.3 is 5.97 Å². The number of ether oxygens (including phenoxy) is 1. The lowest BCUT2D eigenvalue weighted by Gasteiger charge is -2.05. The van der Waals surface area contributed by atoms with E-state index >= 15 is 0 Å². The number of pyridine rings is 2. The summed E-state index contributed by atoms with van der Waals surface area (Å²) in [6, 6.07) is 5.94. The fourth-order valence-corrected chi connectivity index (χ4v) is 1.50. The van der Waals surface area contributed by atoms with Gasteiger partial charge in [0.25, 0.3) is 0 Å². The van der Waals surface area contributed by atoms with Crippen LogP contribution in [0.4, 0.5) is 4.39 Å². The second-order valence-electron chi connectivity index (χ2n) is 3.52. The summed E-state index contributed by atoms with van der Waals surface area (Å²) in [5, 5.41) is 0. The molecule has 2 aromatic rings. The monoisotopic (exact) mass is 246 g/mol. The lowest BCUT2D eigenvalue weighted by Crippen LogP contribution is -2.06. The summed E-state index contributed by atoms with van der Waals surface area (Å²) in [4.78, 5) is 19.2. The van der Waals surface area contributed by atoms with E-state index in [1.807, 2.05) is 0 Å². The summed E-state index contributed by atoms with van der Waals surface area (Å²) in [5.74, 6) is -1.28. The molecule has 5 heteroatoms. The van der Waals surface area contributed by atoms with E-state index < -0.39 is 11.9 Å². The van der Waals surface area contributed by atoms with E-state index in [1.54, 1.807) is 31.5 Å². The highest BCUT2D eigenvalue weighted by molar-refractivity contribution is 5.90. The maximum Gasteiger partial charge on any atom is 0.338 e. The molecule has 0 fully saturated rings. The van der Waals surface area contributed by atoms with E-state index in [9.17, 15) is 9.18 Å². The van der Waals surface area contributed by atoms with Crippen molar-refractivity contribution in [2.24, 2.45) is 0 Å². The molecular formula is C13H11FN2O2. The Hall–Kier alpha value is -2.30. The Morgan fingerprint density at radius 3 is 2.72 bits per heavy atom. The van der Waals surface area contributed by atoms with Crippen LogP contribution >= 0.6 is 0 Å². The predicted octanol–water partition coefficient (Wildman–Crippen LogP) is 2.46. The third-order valence-electron chi connectivity index (χ3n) is 2.28. The molecule has 0 N–H and O–H groups in total. The van der Waals surface area contributed by atoms with Gasteiger partial charge in [0.2, 0.25) is 5.95 Å². The number of nitrogens with zero attached hydrogens (tertiary/aromatic N) is 2. The Kier molecular flexibility index (Phi) is 3.62. The van der Waals surface area contributed by atoms with Crippen molar-refractivity contribution < 1.29 is 13.9 Å². The molecule has 0 aliphatic heterocycles. The molecule has 0 atom stereocenters. The molecule has 4 nitrogen and oxygen atoms in total. The molecule has 0 aliphatic carbocycles. The highest BCUT2D eigenvalue weighted by Crippen LogP contribution is 2.18. The van der Waals surface area contributed by atoms with E-state index in [2.05, 4.69) is 9.97 Å². The van der Waals surface area contributed by atoms with Crippen molar-refractivity contribution in [3.63, 3.8) is 0 Å². The zero-order chi connectivity index (χ0) is 13.0. The van der Waals surface area contributed by atoms with Crippen molar-refractivity contribution in [2.45, 2.75) is 6.92 Å². The lowest BCUT2D eigenvalue weighted by atomic mass is 10.1. The molecule has 0 unspecified atom stereocenters. The van der Waals surface area contributed by atoms with Crippen molar-refractivity contribution in [1.29, 1.82) is 0 Å². The van der Waals surface area contributed by atoms with Gasteiger partial charge in [-0.2, -0.15) is 4.39 Å². The van der Waals surface area contributed by atoms with Gasteiger partial charge in [-0.25, -0.2) is 9.78 Å². The normalized spacial score (nSPS) is 10.1. The lowest BCUT2D eigenvalue weighted by molar-refractivity contribution is 0.0525. The molecule has 0 aliphatic rings. The highest BCUT2D eigenvalue weighted by Gasteiger charge is 2.11. The van der Waals surface area contributed by atoms with Crippen LogP contribution in [-0.2, 0) is 4.74 Å². The first-order chi connectivity index (χ1) is 8.70. The molecule has 0 spiro atoms. The van der Waals surface area contributed by atoms with Gasteiger partial charge in [-0.15, -0.1) is 0 Å². The molecule has 0 saturated heterocycles. The van der Waals surface area contributed by atoms with Gasteiger partial charge in [-0.1, -0.05) is 0 Å². The number of carbonyl (C=O) groups excluding carboxylic acids is 1. The maximum absolute atomic E-state index is 13.4. The summed E-state index contributed by atoms with van der Waals surface area (Å²) in [5.41, 5.74) is 1.21. The van der Waals surface area contributed by atoms with Crippen LogP contribution in [0.15, 0.2) is 36.7 Å². The average molecular weight is 246 g/mol. The van der Waals surface area contributed by atoms with Crippen LogP contribution < -0.4 is 0 Å². The summed E-state index contributed by atoms with van der Waals surface area (Å²) >= 11 is 0. The van der Waals surface area contributed by atoms with Gasteiger partial charge in [0, 0.05) is 24.0 Å². The van der Waals surface area contributed by atoms with Gasteiger partial charge in [0.05, 0.1) is 17.9 Å². The Morgan fingerprint density at radius 2 is 2.06 bits per heavy atom. The third-order valence-corrected chi connectivity index (χ3v) is 2.28. The standard InChI is InChI=1S/C13H11FN2O2/c1-2-18-13(17)10-7-11(16-12(14)8-10)9-3-5-15-6-4-9/h3-8H,2H2,1H3. The SMILES string of the molecule is CCOC(=O)c1cc(F)nc(-c2ccncc2)c1. The van der Waals surface area contributed by atoms with Gasteiger partial charge < -0.3 is 4.74 Å². The third kappa shape index (κ3) is 2.68. The Balaban J connectivity index is 2.41. The molecule has 92 valence electrons. The molecule has 0 aromatic carbocycles. The van der Waals surface area contributed by atoms with E-state index in [-0.39, 0.29) is 12.2 Å². The first-order valence-electron chi connectivity index (χ1n) is 5.46. The molecule has 0 saturated carbocycles. The highest BCUT2D eigenvalue weighted by atomic mass is 19.1. The number of carbonyl (C=O) groups is 1. The van der Waals surface area contributed by atoms with Crippen LogP contribution in [0.2, 0.25) is 0 Å². The minimum atomic E-state index is -0.715. The van der Waals surface area contributed by atoms with Crippen LogP contribution in [0, 0.1) is 5.95 Å². The van der Waals surface area contributed by atoms with Crippen molar-refractivity contribution in [3.8, 4) is 11.3 Å². The largest absolute Gasteiger partial charge is 0.462 e. The van der Waals surface area contributed by atoms with E-state index in [0.717, 1.165) is 6.07 Å². The first-order valence-corrected chi connectivity index (χ1v) is 5.46. The minimum Gasteiger partial charge on any atom is -0.462 e. The summed E-state index contributed by atoms with van der Waals surface area (Å²) in [6.07, 6.45) is 3.15. The van der Waals surface area contributed by atoms with Gasteiger partial charge in [0.15, 0.2) is 0 Å². The number of aromatic nitrogens is 2. The van der Waals surface area contributed by atoms with Crippen LogP contribution in [0.5, 0.6) is 0 Å². The van der Waals surface area contributed by atoms with Gasteiger partial charge in [-0.05, 0) is 25.1 Å².